The third-order valence-corrected chi connectivity index (χ3v) is 6.19. The van der Waals surface area contributed by atoms with E-state index in [1.807, 2.05) is 19.1 Å². The molecule has 0 spiro atoms. The molecule has 152 valence electrons. The number of methoxy groups -OCH3 is 1. The monoisotopic (exact) mass is 383 g/mol. The predicted octanol–water partition coefficient (Wildman–Crippen LogP) is 5.58. The highest BCUT2D eigenvalue weighted by atomic mass is 16.7. The lowest BCUT2D eigenvalue weighted by Crippen LogP contribution is -2.15. The second-order valence-electron chi connectivity index (χ2n) is 8.32. The zero-order valence-corrected chi connectivity index (χ0v) is 17.8. The molecule has 1 heterocycles. The van der Waals surface area contributed by atoms with Crippen LogP contribution < -0.4 is 4.74 Å². The molecule has 1 aromatic carbocycles. The summed E-state index contributed by atoms with van der Waals surface area (Å²) in [5.74, 6) is 2.38. The standard InChI is InChI=1S/C24H33NO3/c1-15-7-6-8-19(11-15)24-23(28-14-27-5)10-9-20(25-24)13-21-16(2)12-22(26)18(4)17(21)3/h9-10,12,15,19,26H,6-8,11,13-14H2,1-5H3. The molecule has 0 amide bonds. The van der Waals surface area contributed by atoms with Gasteiger partial charge in [0.25, 0.3) is 0 Å². The lowest BCUT2D eigenvalue weighted by Gasteiger charge is -2.28. The van der Waals surface area contributed by atoms with E-state index in [2.05, 4.69) is 26.8 Å². The van der Waals surface area contributed by atoms with Crippen molar-refractivity contribution in [1.82, 2.24) is 4.98 Å². The molecule has 2 unspecified atom stereocenters. The molecule has 2 aromatic rings. The van der Waals surface area contributed by atoms with Crippen molar-refractivity contribution in [3.63, 3.8) is 0 Å². The summed E-state index contributed by atoms with van der Waals surface area (Å²) in [6.07, 6.45) is 5.64. The van der Waals surface area contributed by atoms with Crippen LogP contribution in [-0.4, -0.2) is 24.0 Å². The Balaban J connectivity index is 1.94. The summed E-state index contributed by atoms with van der Waals surface area (Å²) < 4.78 is 11.0. The molecule has 2 atom stereocenters. The molecule has 1 fully saturated rings. The Morgan fingerprint density at radius 2 is 1.93 bits per heavy atom. The number of ether oxygens (including phenoxy) is 2. The summed E-state index contributed by atoms with van der Waals surface area (Å²) in [5, 5.41) is 10.1. The first kappa shape index (κ1) is 20.7. The minimum atomic E-state index is 0.242. The van der Waals surface area contributed by atoms with E-state index in [4.69, 9.17) is 14.5 Å². The van der Waals surface area contributed by atoms with E-state index in [1.54, 1.807) is 7.11 Å². The summed E-state index contributed by atoms with van der Waals surface area (Å²) in [4.78, 5) is 5.07. The van der Waals surface area contributed by atoms with Gasteiger partial charge in [-0.1, -0.05) is 19.8 Å². The van der Waals surface area contributed by atoms with Gasteiger partial charge in [-0.3, -0.25) is 4.98 Å². The van der Waals surface area contributed by atoms with Crippen LogP contribution >= 0.6 is 0 Å². The third kappa shape index (κ3) is 4.49. The number of hydrogen-bond donors (Lipinski definition) is 1. The molecule has 0 aliphatic heterocycles. The van der Waals surface area contributed by atoms with Crippen LogP contribution in [-0.2, 0) is 11.2 Å². The quantitative estimate of drug-likeness (QED) is 0.662. The lowest BCUT2D eigenvalue weighted by atomic mass is 9.80. The normalized spacial score (nSPS) is 19.6. The number of pyridine rings is 1. The molecular formula is C24H33NO3. The first-order valence-electron chi connectivity index (χ1n) is 10.3. The second kappa shape index (κ2) is 8.95. The Morgan fingerprint density at radius 1 is 1.14 bits per heavy atom. The molecule has 0 radical (unpaired) electrons. The molecule has 1 aromatic heterocycles. The van der Waals surface area contributed by atoms with E-state index in [0.29, 0.717) is 11.7 Å². The van der Waals surface area contributed by atoms with Crippen LogP contribution in [0.5, 0.6) is 11.5 Å². The van der Waals surface area contributed by atoms with E-state index in [9.17, 15) is 5.11 Å². The Morgan fingerprint density at radius 3 is 2.64 bits per heavy atom. The van der Waals surface area contributed by atoms with E-state index in [1.165, 1.54) is 24.8 Å². The fraction of sp³-hybridized carbons (Fsp3) is 0.542. The van der Waals surface area contributed by atoms with Crippen LogP contribution in [0.3, 0.4) is 0 Å². The Hall–Kier alpha value is -2.07. The van der Waals surface area contributed by atoms with Gasteiger partial charge in [0, 0.05) is 25.1 Å². The number of nitrogens with zero attached hydrogens (tertiary/aromatic N) is 1. The van der Waals surface area contributed by atoms with E-state index >= 15 is 0 Å². The molecule has 28 heavy (non-hydrogen) atoms. The van der Waals surface area contributed by atoms with Crippen molar-refractivity contribution < 1.29 is 14.6 Å². The van der Waals surface area contributed by atoms with Crippen molar-refractivity contribution in [3.8, 4) is 11.5 Å². The fourth-order valence-corrected chi connectivity index (χ4v) is 4.39. The lowest BCUT2D eigenvalue weighted by molar-refractivity contribution is 0.0494. The van der Waals surface area contributed by atoms with Crippen LogP contribution in [0.2, 0.25) is 0 Å². The number of phenols is 1. The van der Waals surface area contributed by atoms with Crippen molar-refractivity contribution in [2.75, 3.05) is 13.9 Å². The SMILES string of the molecule is COCOc1ccc(Cc2c(C)cc(O)c(C)c2C)nc1C1CCCC(C)C1. The van der Waals surface area contributed by atoms with Gasteiger partial charge in [-0.15, -0.1) is 0 Å². The van der Waals surface area contributed by atoms with Gasteiger partial charge < -0.3 is 14.6 Å². The zero-order chi connectivity index (χ0) is 20.3. The summed E-state index contributed by atoms with van der Waals surface area (Å²) in [7, 11) is 1.64. The van der Waals surface area contributed by atoms with Gasteiger partial charge >= 0.3 is 0 Å². The van der Waals surface area contributed by atoms with Crippen molar-refractivity contribution in [2.45, 2.75) is 65.7 Å². The van der Waals surface area contributed by atoms with Gasteiger partial charge in [0.1, 0.15) is 11.5 Å². The number of hydrogen-bond acceptors (Lipinski definition) is 4. The van der Waals surface area contributed by atoms with Gasteiger partial charge in [-0.05, 0) is 80.0 Å². The van der Waals surface area contributed by atoms with Crippen LogP contribution in [0.4, 0.5) is 0 Å². The average molecular weight is 384 g/mol. The van der Waals surface area contributed by atoms with Crippen molar-refractivity contribution in [3.05, 3.63) is 51.8 Å². The van der Waals surface area contributed by atoms with Gasteiger partial charge in [0.15, 0.2) is 6.79 Å². The fourth-order valence-electron chi connectivity index (χ4n) is 4.39. The molecule has 4 nitrogen and oxygen atoms in total. The van der Waals surface area contributed by atoms with E-state index in [0.717, 1.165) is 52.6 Å². The Labute approximate surface area is 168 Å². The van der Waals surface area contributed by atoms with Gasteiger partial charge in [0.05, 0.1) is 5.69 Å². The number of aromatic nitrogens is 1. The summed E-state index contributed by atoms with van der Waals surface area (Å²) in [6, 6.07) is 5.97. The first-order valence-corrected chi connectivity index (χ1v) is 10.3. The minimum Gasteiger partial charge on any atom is -0.508 e. The van der Waals surface area contributed by atoms with E-state index < -0.39 is 0 Å². The number of phenolic OH excluding ortho intramolecular Hbond substituents is 1. The highest BCUT2D eigenvalue weighted by Gasteiger charge is 2.25. The summed E-state index contributed by atoms with van der Waals surface area (Å²) in [6.45, 7) is 8.68. The van der Waals surface area contributed by atoms with Gasteiger partial charge in [-0.2, -0.15) is 0 Å². The molecule has 0 bridgehead atoms. The summed E-state index contributed by atoms with van der Waals surface area (Å²) in [5.41, 5.74) is 6.57. The highest BCUT2D eigenvalue weighted by Crippen LogP contribution is 2.39. The Bertz CT molecular complexity index is 831. The number of aryl methyl sites for hydroxylation is 1. The Kier molecular flexibility index (Phi) is 6.61. The van der Waals surface area contributed by atoms with Gasteiger partial charge in [0.2, 0.25) is 0 Å². The number of benzene rings is 1. The molecule has 3 rings (SSSR count). The molecule has 0 saturated heterocycles. The van der Waals surface area contributed by atoms with Crippen LogP contribution in [0, 0.1) is 26.7 Å². The van der Waals surface area contributed by atoms with Crippen molar-refractivity contribution >= 4 is 0 Å². The molecule has 1 aliphatic carbocycles. The largest absolute Gasteiger partial charge is 0.508 e. The van der Waals surface area contributed by atoms with Crippen LogP contribution in [0.1, 0.15) is 72.2 Å². The average Bonchev–Trinajstić information content (AvgIpc) is 2.68. The molecule has 1 N–H and O–H groups in total. The third-order valence-electron chi connectivity index (χ3n) is 6.19. The maximum Gasteiger partial charge on any atom is 0.188 e. The van der Waals surface area contributed by atoms with Crippen LogP contribution in [0.25, 0.3) is 0 Å². The van der Waals surface area contributed by atoms with Crippen molar-refractivity contribution in [1.29, 1.82) is 0 Å². The maximum absolute atomic E-state index is 10.1. The maximum atomic E-state index is 10.1. The molecule has 4 heteroatoms. The smallest absolute Gasteiger partial charge is 0.188 e. The zero-order valence-electron chi connectivity index (χ0n) is 17.8. The second-order valence-corrected chi connectivity index (χ2v) is 8.32. The first-order chi connectivity index (χ1) is 13.4. The molecular weight excluding hydrogens is 350 g/mol. The molecule has 1 aliphatic rings. The minimum absolute atomic E-state index is 0.242. The topological polar surface area (TPSA) is 51.6 Å². The summed E-state index contributed by atoms with van der Waals surface area (Å²) >= 11 is 0. The molecule has 1 saturated carbocycles. The van der Waals surface area contributed by atoms with Crippen molar-refractivity contribution in [2.24, 2.45) is 5.92 Å². The highest BCUT2D eigenvalue weighted by molar-refractivity contribution is 5.49. The predicted molar refractivity (Wildman–Crippen MR) is 112 cm³/mol. The number of rotatable bonds is 6. The van der Waals surface area contributed by atoms with E-state index in [-0.39, 0.29) is 6.79 Å². The van der Waals surface area contributed by atoms with Gasteiger partial charge in [-0.25, -0.2) is 0 Å². The van der Waals surface area contributed by atoms with Crippen LogP contribution in [0.15, 0.2) is 18.2 Å². The number of aromatic hydroxyl groups is 1.